The Kier molecular flexibility index (Phi) is 3.85. The molecule has 0 fully saturated rings. The number of hydrogen-bond donors (Lipinski definition) is 0. The summed E-state index contributed by atoms with van der Waals surface area (Å²) in [5.41, 5.74) is 1.53. The molecule has 0 saturated carbocycles. The van der Waals surface area contributed by atoms with E-state index in [1.807, 2.05) is 48.5 Å². The largest absolute Gasteiger partial charge is 0.333 e. The molecule has 90 valence electrons. The van der Waals surface area contributed by atoms with E-state index in [0.717, 1.165) is 5.69 Å². The van der Waals surface area contributed by atoms with Crippen molar-refractivity contribution in [2.24, 2.45) is 0 Å². The topological polar surface area (TPSA) is 20.3 Å². The van der Waals surface area contributed by atoms with Crippen molar-refractivity contribution in [2.45, 2.75) is 0 Å². The van der Waals surface area contributed by atoms with Crippen LogP contribution in [0.25, 0.3) is 0 Å². The molecule has 0 bridgehead atoms. The maximum Gasteiger partial charge on any atom is 0.220 e. The van der Waals surface area contributed by atoms with Gasteiger partial charge in [-0.15, -0.1) is 0 Å². The second kappa shape index (κ2) is 5.56. The summed E-state index contributed by atoms with van der Waals surface area (Å²) in [5, 5.41) is 0. The molecule has 0 aliphatic rings. The number of benzene rings is 2. The maximum absolute atomic E-state index is 12.2. The highest BCUT2D eigenvalue weighted by Gasteiger charge is 2.16. The van der Waals surface area contributed by atoms with Crippen LogP contribution in [0.15, 0.2) is 60.7 Å². The molecule has 0 amide bonds. The second-order valence-electron chi connectivity index (χ2n) is 3.89. The lowest BCUT2D eigenvalue weighted by molar-refractivity contribution is 0.106. The van der Waals surface area contributed by atoms with Crippen LogP contribution in [-0.2, 0) is 0 Å². The molecule has 0 atom stereocenters. The Hall–Kier alpha value is -2.00. The molecule has 2 aromatic carbocycles. The maximum atomic E-state index is 12.2. The Labute approximate surface area is 112 Å². The summed E-state index contributed by atoms with van der Waals surface area (Å²) >= 11 is 5.24. The Morgan fingerprint density at radius 3 is 2.00 bits per heavy atom. The van der Waals surface area contributed by atoms with Crippen LogP contribution in [0, 0.1) is 0 Å². The molecule has 0 saturated heterocycles. The summed E-state index contributed by atoms with van der Waals surface area (Å²) in [6.45, 7) is 0. The molecule has 0 spiro atoms. The summed E-state index contributed by atoms with van der Waals surface area (Å²) in [4.78, 5) is 14.2. The highest BCUT2D eigenvalue weighted by atomic mass is 32.1. The third-order valence-electron chi connectivity index (χ3n) is 2.68. The first-order chi connectivity index (χ1) is 8.70. The zero-order valence-electron chi connectivity index (χ0n) is 10.0. The standard InChI is InChI=1S/C15H13NOS/c1-16(13-10-6-3-7-11-13)15(18)14(17)12-8-4-2-5-9-12/h2-11H,1H3. The number of nitrogens with zero attached hydrogens (tertiary/aromatic N) is 1. The summed E-state index contributed by atoms with van der Waals surface area (Å²) in [6.07, 6.45) is 0. The second-order valence-corrected chi connectivity index (χ2v) is 4.28. The fourth-order valence-electron chi connectivity index (χ4n) is 1.63. The quantitative estimate of drug-likeness (QED) is 0.620. The van der Waals surface area contributed by atoms with E-state index in [2.05, 4.69) is 0 Å². The molecule has 2 rings (SSSR count). The number of rotatable bonds is 3. The number of ketones is 1. The molecule has 0 unspecified atom stereocenters. The summed E-state index contributed by atoms with van der Waals surface area (Å²) in [5.74, 6) is -0.128. The van der Waals surface area contributed by atoms with Gasteiger partial charge in [0.1, 0.15) is 0 Å². The molecule has 3 heteroatoms. The van der Waals surface area contributed by atoms with Crippen LogP contribution in [0.1, 0.15) is 10.4 Å². The van der Waals surface area contributed by atoms with Gasteiger partial charge in [0.15, 0.2) is 4.99 Å². The Morgan fingerprint density at radius 1 is 0.944 bits per heavy atom. The fraction of sp³-hybridized carbons (Fsp3) is 0.0667. The average molecular weight is 255 g/mol. The highest BCUT2D eigenvalue weighted by Crippen LogP contribution is 2.14. The Bertz CT molecular complexity index is 551. The smallest absolute Gasteiger partial charge is 0.220 e. The lowest BCUT2D eigenvalue weighted by atomic mass is 10.1. The number of hydrogen-bond acceptors (Lipinski definition) is 2. The number of likely N-dealkylation sites (N-methyl/N-ethyl adjacent to an activating group) is 1. The summed E-state index contributed by atoms with van der Waals surface area (Å²) in [7, 11) is 1.80. The molecule has 0 heterocycles. The van der Waals surface area contributed by atoms with Crippen LogP contribution < -0.4 is 4.90 Å². The van der Waals surface area contributed by atoms with Gasteiger partial charge in [0, 0.05) is 18.3 Å². The molecular formula is C15H13NOS. The van der Waals surface area contributed by atoms with E-state index in [9.17, 15) is 4.79 Å². The zero-order valence-corrected chi connectivity index (χ0v) is 10.9. The molecule has 0 aromatic heterocycles. The summed E-state index contributed by atoms with van der Waals surface area (Å²) in [6, 6.07) is 18.7. The third kappa shape index (κ3) is 2.63. The molecule has 18 heavy (non-hydrogen) atoms. The van der Waals surface area contributed by atoms with Crippen molar-refractivity contribution in [3.63, 3.8) is 0 Å². The van der Waals surface area contributed by atoms with Crippen molar-refractivity contribution in [2.75, 3.05) is 11.9 Å². The van der Waals surface area contributed by atoms with E-state index in [-0.39, 0.29) is 5.78 Å². The van der Waals surface area contributed by atoms with Gasteiger partial charge >= 0.3 is 0 Å². The van der Waals surface area contributed by atoms with Crippen LogP contribution in [0.2, 0.25) is 0 Å². The van der Waals surface area contributed by atoms with Gasteiger partial charge in [0.2, 0.25) is 5.78 Å². The van der Waals surface area contributed by atoms with Gasteiger partial charge in [0.05, 0.1) is 0 Å². The monoisotopic (exact) mass is 255 g/mol. The first-order valence-electron chi connectivity index (χ1n) is 5.62. The molecule has 2 aromatic rings. The minimum Gasteiger partial charge on any atom is -0.333 e. The molecule has 2 nitrogen and oxygen atoms in total. The van der Waals surface area contributed by atoms with Crippen LogP contribution >= 0.6 is 12.2 Å². The van der Waals surface area contributed by atoms with Crippen molar-refractivity contribution in [1.29, 1.82) is 0 Å². The van der Waals surface area contributed by atoms with Gasteiger partial charge in [-0.25, -0.2) is 0 Å². The van der Waals surface area contributed by atoms with Crippen LogP contribution in [-0.4, -0.2) is 17.8 Å². The van der Waals surface area contributed by atoms with Gasteiger partial charge in [0.25, 0.3) is 0 Å². The predicted molar refractivity (Wildman–Crippen MR) is 78.2 cm³/mol. The fourth-order valence-corrected chi connectivity index (χ4v) is 1.86. The van der Waals surface area contributed by atoms with Crippen molar-refractivity contribution in [3.05, 3.63) is 66.2 Å². The molecule has 0 aliphatic carbocycles. The average Bonchev–Trinajstić information content (AvgIpc) is 2.47. The van der Waals surface area contributed by atoms with Crippen molar-refractivity contribution in [3.8, 4) is 0 Å². The van der Waals surface area contributed by atoms with Crippen molar-refractivity contribution >= 4 is 28.7 Å². The lowest BCUT2D eigenvalue weighted by Gasteiger charge is -2.19. The number of carbonyl (C=O) groups excluding carboxylic acids is 1. The first-order valence-corrected chi connectivity index (χ1v) is 6.03. The van der Waals surface area contributed by atoms with E-state index in [0.29, 0.717) is 10.6 Å². The molecular weight excluding hydrogens is 242 g/mol. The summed E-state index contributed by atoms with van der Waals surface area (Å²) < 4.78 is 0. The number of anilines is 1. The number of thiocarbonyl (C=S) groups is 1. The van der Waals surface area contributed by atoms with E-state index in [1.165, 1.54) is 0 Å². The van der Waals surface area contributed by atoms with Gasteiger partial charge < -0.3 is 4.90 Å². The third-order valence-corrected chi connectivity index (χ3v) is 3.14. The van der Waals surface area contributed by atoms with Gasteiger partial charge in [-0.1, -0.05) is 60.7 Å². The number of para-hydroxylation sites is 1. The molecule has 0 radical (unpaired) electrons. The van der Waals surface area contributed by atoms with Crippen LogP contribution in [0.3, 0.4) is 0 Å². The van der Waals surface area contributed by atoms with Crippen LogP contribution in [0.5, 0.6) is 0 Å². The normalized spacial score (nSPS) is 9.83. The number of Topliss-reactive ketones (excluding diaryl/α,β-unsaturated/α-hetero) is 1. The first kappa shape index (κ1) is 12.5. The van der Waals surface area contributed by atoms with E-state index in [1.54, 1.807) is 24.1 Å². The minimum atomic E-state index is -0.128. The number of carbonyl (C=O) groups is 1. The minimum absolute atomic E-state index is 0.128. The van der Waals surface area contributed by atoms with E-state index >= 15 is 0 Å². The Balaban J connectivity index is 2.20. The van der Waals surface area contributed by atoms with Crippen molar-refractivity contribution in [1.82, 2.24) is 0 Å². The van der Waals surface area contributed by atoms with Gasteiger partial charge in [-0.05, 0) is 12.1 Å². The van der Waals surface area contributed by atoms with Gasteiger partial charge in [-0.3, -0.25) is 4.79 Å². The lowest BCUT2D eigenvalue weighted by Crippen LogP contribution is -2.31. The van der Waals surface area contributed by atoms with E-state index in [4.69, 9.17) is 12.2 Å². The SMILES string of the molecule is CN(C(=S)C(=O)c1ccccc1)c1ccccc1. The van der Waals surface area contributed by atoms with E-state index < -0.39 is 0 Å². The molecule has 0 aliphatic heterocycles. The predicted octanol–water partition coefficient (Wildman–Crippen LogP) is 3.33. The highest BCUT2D eigenvalue weighted by molar-refractivity contribution is 7.82. The van der Waals surface area contributed by atoms with Gasteiger partial charge in [-0.2, -0.15) is 0 Å². The molecule has 0 N–H and O–H groups in total. The van der Waals surface area contributed by atoms with Crippen molar-refractivity contribution < 1.29 is 4.79 Å². The zero-order chi connectivity index (χ0) is 13.0. The van der Waals surface area contributed by atoms with Crippen LogP contribution in [0.4, 0.5) is 5.69 Å². The Morgan fingerprint density at radius 2 is 1.44 bits per heavy atom.